The number of nitrogens with zero attached hydrogens (tertiary/aromatic N) is 1. The Bertz CT molecular complexity index is 294. The van der Waals surface area contributed by atoms with Crippen molar-refractivity contribution in [2.45, 2.75) is 25.8 Å². The Morgan fingerprint density at radius 1 is 1.36 bits per heavy atom. The Labute approximate surface area is 90.7 Å². The van der Waals surface area contributed by atoms with Gasteiger partial charge in [0, 0.05) is 11.1 Å². The third-order valence-corrected chi connectivity index (χ3v) is 3.28. The van der Waals surface area contributed by atoms with Gasteiger partial charge in [-0.2, -0.15) is 0 Å². The molecule has 76 valence electrons. The second-order valence-electron chi connectivity index (χ2n) is 3.84. The molecular formula is C12H16ClN. The summed E-state index contributed by atoms with van der Waals surface area (Å²) in [7, 11) is 0. The molecule has 1 heterocycles. The number of halogens is 1. The molecule has 1 fully saturated rings. The maximum absolute atomic E-state index is 5.88. The van der Waals surface area contributed by atoms with Crippen molar-refractivity contribution in [3.63, 3.8) is 0 Å². The molecule has 0 radical (unpaired) electrons. The van der Waals surface area contributed by atoms with Gasteiger partial charge in [0.25, 0.3) is 0 Å². The van der Waals surface area contributed by atoms with E-state index in [2.05, 4.69) is 24.0 Å². The van der Waals surface area contributed by atoms with Crippen molar-refractivity contribution in [1.82, 2.24) is 4.90 Å². The molecular weight excluding hydrogens is 194 g/mol. The average Bonchev–Trinajstić information content (AvgIpc) is 2.67. The van der Waals surface area contributed by atoms with E-state index in [4.69, 9.17) is 11.6 Å². The van der Waals surface area contributed by atoms with Crippen LogP contribution in [0.5, 0.6) is 0 Å². The summed E-state index contributed by atoms with van der Waals surface area (Å²) in [6.07, 6.45) is 2.61. The Hall–Kier alpha value is -0.530. The first-order chi connectivity index (χ1) is 6.81. The van der Waals surface area contributed by atoms with E-state index in [9.17, 15) is 0 Å². The summed E-state index contributed by atoms with van der Waals surface area (Å²) in [6.45, 7) is 4.62. The van der Waals surface area contributed by atoms with Crippen LogP contribution in [0.2, 0.25) is 5.02 Å². The van der Waals surface area contributed by atoms with Gasteiger partial charge in [0.2, 0.25) is 0 Å². The van der Waals surface area contributed by atoms with Gasteiger partial charge in [-0.25, -0.2) is 0 Å². The van der Waals surface area contributed by atoms with E-state index in [-0.39, 0.29) is 0 Å². The van der Waals surface area contributed by atoms with E-state index in [0.717, 1.165) is 11.6 Å². The molecule has 2 heteroatoms. The Balaban J connectivity index is 2.17. The molecule has 0 unspecified atom stereocenters. The Morgan fingerprint density at radius 2 is 2.07 bits per heavy atom. The zero-order valence-electron chi connectivity index (χ0n) is 8.54. The summed E-state index contributed by atoms with van der Waals surface area (Å²) in [4.78, 5) is 2.53. The number of hydrogen-bond donors (Lipinski definition) is 0. The molecule has 0 amide bonds. The molecule has 1 saturated heterocycles. The molecule has 14 heavy (non-hydrogen) atoms. The fraction of sp³-hybridized carbons (Fsp3) is 0.500. The van der Waals surface area contributed by atoms with Crippen LogP contribution in [-0.2, 0) is 0 Å². The van der Waals surface area contributed by atoms with E-state index in [1.807, 2.05) is 12.1 Å². The van der Waals surface area contributed by atoms with Gasteiger partial charge in [0.05, 0.1) is 0 Å². The first-order valence-electron chi connectivity index (χ1n) is 5.31. The van der Waals surface area contributed by atoms with Gasteiger partial charge in [-0.05, 0) is 43.6 Å². The van der Waals surface area contributed by atoms with Crippen molar-refractivity contribution >= 4 is 11.6 Å². The highest BCUT2D eigenvalue weighted by Gasteiger charge is 2.23. The van der Waals surface area contributed by atoms with Gasteiger partial charge in [-0.3, -0.25) is 4.90 Å². The third kappa shape index (κ3) is 1.94. The lowest BCUT2D eigenvalue weighted by molar-refractivity contribution is 0.271. The van der Waals surface area contributed by atoms with Crippen LogP contribution < -0.4 is 0 Å². The van der Waals surface area contributed by atoms with E-state index >= 15 is 0 Å². The quantitative estimate of drug-likeness (QED) is 0.721. The molecule has 1 aromatic carbocycles. The van der Waals surface area contributed by atoms with Crippen LogP contribution >= 0.6 is 11.6 Å². The van der Waals surface area contributed by atoms with Crippen molar-refractivity contribution in [2.75, 3.05) is 13.1 Å². The Kier molecular flexibility index (Phi) is 3.09. The molecule has 0 bridgehead atoms. The maximum Gasteiger partial charge on any atom is 0.0406 e. The summed E-state index contributed by atoms with van der Waals surface area (Å²) in [6, 6.07) is 8.91. The van der Waals surface area contributed by atoms with Crippen LogP contribution in [0.25, 0.3) is 0 Å². The van der Waals surface area contributed by atoms with E-state index < -0.39 is 0 Å². The fourth-order valence-corrected chi connectivity index (χ4v) is 2.39. The lowest BCUT2D eigenvalue weighted by atomic mass is 10.0. The normalized spacial score (nSPS) is 22.9. The maximum atomic E-state index is 5.88. The summed E-state index contributed by atoms with van der Waals surface area (Å²) in [5, 5.41) is 0.829. The lowest BCUT2D eigenvalue weighted by Crippen LogP contribution is -2.22. The molecule has 1 aliphatic rings. The molecule has 0 aliphatic carbocycles. The van der Waals surface area contributed by atoms with Crippen molar-refractivity contribution < 1.29 is 0 Å². The second-order valence-corrected chi connectivity index (χ2v) is 4.27. The van der Waals surface area contributed by atoms with Crippen LogP contribution in [0.1, 0.15) is 31.4 Å². The van der Waals surface area contributed by atoms with Gasteiger partial charge < -0.3 is 0 Å². The number of rotatable bonds is 2. The highest BCUT2D eigenvalue weighted by molar-refractivity contribution is 6.30. The molecule has 1 aromatic rings. The molecule has 0 saturated carbocycles. The third-order valence-electron chi connectivity index (χ3n) is 3.02. The largest absolute Gasteiger partial charge is 0.297 e. The SMILES string of the molecule is CCN1CCC[C@H]1c1ccc(Cl)cc1. The summed E-state index contributed by atoms with van der Waals surface area (Å²) >= 11 is 5.88. The highest BCUT2D eigenvalue weighted by Crippen LogP contribution is 2.31. The van der Waals surface area contributed by atoms with Crippen molar-refractivity contribution in [1.29, 1.82) is 0 Å². The molecule has 1 atom stereocenters. The number of likely N-dealkylation sites (tertiary alicyclic amines) is 1. The smallest absolute Gasteiger partial charge is 0.0406 e. The predicted molar refractivity (Wildman–Crippen MR) is 60.7 cm³/mol. The van der Waals surface area contributed by atoms with Crippen LogP contribution in [0.15, 0.2) is 24.3 Å². The standard InChI is InChI=1S/C12H16ClN/c1-2-14-9-3-4-12(14)10-5-7-11(13)8-6-10/h5-8,12H,2-4,9H2,1H3/t12-/m0/s1. The molecule has 2 rings (SSSR count). The summed E-state index contributed by atoms with van der Waals surface area (Å²) < 4.78 is 0. The number of hydrogen-bond acceptors (Lipinski definition) is 1. The second kappa shape index (κ2) is 4.33. The summed E-state index contributed by atoms with van der Waals surface area (Å²) in [5.74, 6) is 0. The van der Waals surface area contributed by atoms with E-state index in [0.29, 0.717) is 6.04 Å². The first kappa shape index (κ1) is 10.0. The minimum atomic E-state index is 0.622. The zero-order chi connectivity index (χ0) is 9.97. The van der Waals surface area contributed by atoms with Crippen LogP contribution in [0.3, 0.4) is 0 Å². The van der Waals surface area contributed by atoms with Gasteiger partial charge in [-0.1, -0.05) is 30.7 Å². The average molecular weight is 210 g/mol. The minimum Gasteiger partial charge on any atom is -0.297 e. The molecule has 1 nitrogen and oxygen atoms in total. The molecule has 0 N–H and O–H groups in total. The molecule has 0 aromatic heterocycles. The predicted octanol–water partition coefficient (Wildman–Crippen LogP) is 3.50. The van der Waals surface area contributed by atoms with Crippen molar-refractivity contribution in [3.8, 4) is 0 Å². The van der Waals surface area contributed by atoms with Crippen LogP contribution in [0.4, 0.5) is 0 Å². The number of benzene rings is 1. The summed E-state index contributed by atoms with van der Waals surface area (Å²) in [5.41, 5.74) is 1.41. The van der Waals surface area contributed by atoms with Crippen LogP contribution in [-0.4, -0.2) is 18.0 Å². The lowest BCUT2D eigenvalue weighted by Gasteiger charge is -2.22. The topological polar surface area (TPSA) is 3.24 Å². The van der Waals surface area contributed by atoms with Gasteiger partial charge in [0.1, 0.15) is 0 Å². The first-order valence-corrected chi connectivity index (χ1v) is 5.68. The van der Waals surface area contributed by atoms with Crippen LogP contribution in [0, 0.1) is 0 Å². The van der Waals surface area contributed by atoms with Crippen molar-refractivity contribution in [2.24, 2.45) is 0 Å². The zero-order valence-corrected chi connectivity index (χ0v) is 9.30. The highest BCUT2D eigenvalue weighted by atomic mass is 35.5. The van der Waals surface area contributed by atoms with Gasteiger partial charge in [-0.15, -0.1) is 0 Å². The molecule has 0 spiro atoms. The minimum absolute atomic E-state index is 0.622. The Morgan fingerprint density at radius 3 is 2.71 bits per heavy atom. The fourth-order valence-electron chi connectivity index (χ4n) is 2.27. The van der Waals surface area contributed by atoms with E-state index in [1.165, 1.54) is 24.9 Å². The van der Waals surface area contributed by atoms with Crippen molar-refractivity contribution in [3.05, 3.63) is 34.9 Å². The van der Waals surface area contributed by atoms with Gasteiger partial charge >= 0.3 is 0 Å². The van der Waals surface area contributed by atoms with Gasteiger partial charge in [0.15, 0.2) is 0 Å². The monoisotopic (exact) mass is 209 g/mol. The molecule has 1 aliphatic heterocycles. The van der Waals surface area contributed by atoms with E-state index in [1.54, 1.807) is 0 Å².